The fourth-order valence-electron chi connectivity index (χ4n) is 2.64. The summed E-state index contributed by atoms with van der Waals surface area (Å²) in [5.74, 6) is -1.23. The molecular formula is C18H16ClFN4O4S. The zero-order valence-electron chi connectivity index (χ0n) is 15.6. The number of carbonyl (C=O) groups excluding carboxylic acids is 1. The van der Waals surface area contributed by atoms with E-state index >= 15 is 0 Å². The van der Waals surface area contributed by atoms with Gasteiger partial charge in [-0.1, -0.05) is 22.9 Å². The molecule has 0 unspecified atom stereocenters. The molecule has 0 fully saturated rings. The van der Waals surface area contributed by atoms with Crippen LogP contribution in [0.3, 0.4) is 0 Å². The largest absolute Gasteiger partial charge is 0.497 e. The van der Waals surface area contributed by atoms with Crippen LogP contribution < -0.4 is 9.46 Å². The standard InChI is InChI=1S/C18H16ClFN4O4S/c1-10-4-5-12(20)8-16(10)29(26,27)22-18(25)17-11(2)24(23-21-17)15-9-13(28-3)6-7-14(15)19/h4-9H,1-3H3,(H,22,25). The number of aryl methyl sites for hydroxylation is 1. The van der Waals surface area contributed by atoms with Gasteiger partial charge in [0.1, 0.15) is 11.6 Å². The number of methoxy groups -OCH3 is 1. The highest BCUT2D eigenvalue weighted by Gasteiger charge is 2.25. The molecule has 1 amide bonds. The van der Waals surface area contributed by atoms with Crippen molar-refractivity contribution in [3.05, 3.63) is 64.2 Å². The Labute approximate surface area is 171 Å². The first-order valence-corrected chi connectivity index (χ1v) is 10.1. The zero-order chi connectivity index (χ0) is 21.3. The van der Waals surface area contributed by atoms with Crippen LogP contribution in [0.15, 0.2) is 41.3 Å². The van der Waals surface area contributed by atoms with Crippen molar-refractivity contribution in [3.63, 3.8) is 0 Å². The van der Waals surface area contributed by atoms with Crippen LogP contribution in [0.25, 0.3) is 5.69 Å². The van der Waals surface area contributed by atoms with Gasteiger partial charge in [0.2, 0.25) is 0 Å². The van der Waals surface area contributed by atoms with Gasteiger partial charge in [-0.2, -0.15) is 0 Å². The van der Waals surface area contributed by atoms with E-state index < -0.39 is 21.7 Å². The first-order chi connectivity index (χ1) is 13.6. The summed E-state index contributed by atoms with van der Waals surface area (Å²) >= 11 is 6.19. The lowest BCUT2D eigenvalue weighted by Gasteiger charge is -2.10. The number of benzene rings is 2. The molecule has 0 aliphatic heterocycles. The Kier molecular flexibility index (Phi) is 5.58. The maximum Gasteiger partial charge on any atom is 0.287 e. The summed E-state index contributed by atoms with van der Waals surface area (Å²) < 4.78 is 46.9. The Morgan fingerprint density at radius 3 is 2.62 bits per heavy atom. The molecule has 2 aromatic carbocycles. The summed E-state index contributed by atoms with van der Waals surface area (Å²) in [7, 11) is -2.83. The monoisotopic (exact) mass is 438 g/mol. The van der Waals surface area contributed by atoms with Crippen LogP contribution in [0.1, 0.15) is 21.7 Å². The van der Waals surface area contributed by atoms with Crippen LogP contribution >= 0.6 is 11.6 Å². The van der Waals surface area contributed by atoms with Crippen LogP contribution in [0.5, 0.6) is 5.75 Å². The summed E-state index contributed by atoms with van der Waals surface area (Å²) in [5.41, 5.74) is 0.722. The molecule has 1 heterocycles. The number of carbonyl (C=O) groups is 1. The van der Waals surface area contributed by atoms with E-state index in [9.17, 15) is 17.6 Å². The van der Waals surface area contributed by atoms with Crippen LogP contribution in [-0.4, -0.2) is 36.4 Å². The number of amides is 1. The molecule has 152 valence electrons. The van der Waals surface area contributed by atoms with Crippen molar-refractivity contribution in [1.82, 2.24) is 19.7 Å². The quantitative estimate of drug-likeness (QED) is 0.657. The highest BCUT2D eigenvalue weighted by atomic mass is 35.5. The topological polar surface area (TPSA) is 103 Å². The van der Waals surface area contributed by atoms with E-state index in [-0.39, 0.29) is 21.8 Å². The molecule has 0 bridgehead atoms. The second-order valence-corrected chi connectivity index (χ2v) is 8.16. The van der Waals surface area contributed by atoms with Crippen molar-refractivity contribution >= 4 is 27.5 Å². The molecule has 29 heavy (non-hydrogen) atoms. The highest BCUT2D eigenvalue weighted by molar-refractivity contribution is 7.90. The van der Waals surface area contributed by atoms with Crippen molar-refractivity contribution in [3.8, 4) is 11.4 Å². The first-order valence-electron chi connectivity index (χ1n) is 8.23. The van der Waals surface area contributed by atoms with Gasteiger partial charge in [0.15, 0.2) is 5.69 Å². The Hall–Kier alpha value is -2.98. The van der Waals surface area contributed by atoms with Crippen LogP contribution in [0, 0.1) is 19.7 Å². The van der Waals surface area contributed by atoms with E-state index in [1.807, 2.05) is 4.72 Å². The van der Waals surface area contributed by atoms with Gasteiger partial charge in [-0.15, -0.1) is 5.10 Å². The summed E-state index contributed by atoms with van der Waals surface area (Å²) in [6.45, 7) is 3.02. The molecule has 0 atom stereocenters. The maximum absolute atomic E-state index is 13.5. The number of nitrogens with one attached hydrogen (secondary N) is 1. The van der Waals surface area contributed by atoms with E-state index in [0.717, 1.165) is 12.1 Å². The Morgan fingerprint density at radius 1 is 1.21 bits per heavy atom. The van der Waals surface area contributed by atoms with Crippen molar-refractivity contribution < 1.29 is 22.3 Å². The summed E-state index contributed by atoms with van der Waals surface area (Å²) in [4.78, 5) is 12.2. The molecule has 8 nitrogen and oxygen atoms in total. The van der Waals surface area contributed by atoms with Gasteiger partial charge in [0.05, 0.1) is 28.4 Å². The lowest BCUT2D eigenvalue weighted by Crippen LogP contribution is -2.32. The molecule has 3 aromatic rings. The Balaban J connectivity index is 1.95. The Morgan fingerprint density at radius 2 is 1.93 bits per heavy atom. The number of hydrogen-bond acceptors (Lipinski definition) is 6. The molecule has 0 spiro atoms. The molecule has 0 saturated heterocycles. The molecule has 0 aliphatic carbocycles. The maximum atomic E-state index is 13.5. The van der Waals surface area contributed by atoms with Gasteiger partial charge in [-0.3, -0.25) is 4.79 Å². The lowest BCUT2D eigenvalue weighted by atomic mass is 10.2. The number of halogens is 2. The fourth-order valence-corrected chi connectivity index (χ4v) is 4.05. The third-order valence-corrected chi connectivity index (χ3v) is 5.95. The average molecular weight is 439 g/mol. The third kappa shape index (κ3) is 4.08. The average Bonchev–Trinajstić information content (AvgIpc) is 3.05. The minimum absolute atomic E-state index is 0.221. The number of hydrogen-bond donors (Lipinski definition) is 1. The predicted molar refractivity (Wildman–Crippen MR) is 103 cm³/mol. The van der Waals surface area contributed by atoms with E-state index in [0.29, 0.717) is 16.5 Å². The van der Waals surface area contributed by atoms with Crippen LogP contribution in [0.4, 0.5) is 4.39 Å². The van der Waals surface area contributed by atoms with Gasteiger partial charge in [0, 0.05) is 6.07 Å². The number of nitrogens with zero attached hydrogens (tertiary/aromatic N) is 3. The molecule has 0 radical (unpaired) electrons. The number of rotatable bonds is 5. The van der Waals surface area contributed by atoms with E-state index in [1.165, 1.54) is 31.7 Å². The summed E-state index contributed by atoms with van der Waals surface area (Å²) in [6.07, 6.45) is 0. The number of ether oxygens (including phenoxy) is 1. The van der Waals surface area contributed by atoms with Crippen LogP contribution in [0.2, 0.25) is 5.02 Å². The second-order valence-electron chi connectivity index (χ2n) is 6.10. The minimum Gasteiger partial charge on any atom is -0.497 e. The predicted octanol–water partition coefficient (Wildman–Crippen LogP) is 2.80. The molecule has 1 aromatic heterocycles. The van der Waals surface area contributed by atoms with Gasteiger partial charge < -0.3 is 4.74 Å². The summed E-state index contributed by atoms with van der Waals surface area (Å²) in [6, 6.07) is 8.11. The molecule has 1 N–H and O–H groups in total. The minimum atomic E-state index is -4.31. The van der Waals surface area contributed by atoms with Gasteiger partial charge >= 0.3 is 0 Å². The van der Waals surface area contributed by atoms with E-state index in [1.54, 1.807) is 18.2 Å². The van der Waals surface area contributed by atoms with Crippen molar-refractivity contribution in [2.24, 2.45) is 0 Å². The number of sulfonamides is 1. The number of aromatic nitrogens is 3. The normalized spacial score (nSPS) is 11.3. The van der Waals surface area contributed by atoms with E-state index in [2.05, 4.69) is 10.3 Å². The fraction of sp³-hybridized carbons (Fsp3) is 0.167. The first kappa shape index (κ1) is 20.7. The van der Waals surface area contributed by atoms with Gasteiger partial charge in [0.25, 0.3) is 15.9 Å². The van der Waals surface area contributed by atoms with Crippen LogP contribution in [-0.2, 0) is 10.0 Å². The zero-order valence-corrected chi connectivity index (χ0v) is 17.2. The van der Waals surface area contributed by atoms with Gasteiger partial charge in [-0.25, -0.2) is 22.2 Å². The smallest absolute Gasteiger partial charge is 0.287 e. The summed E-state index contributed by atoms with van der Waals surface area (Å²) in [5, 5.41) is 7.99. The third-order valence-electron chi connectivity index (χ3n) is 4.16. The van der Waals surface area contributed by atoms with E-state index in [4.69, 9.17) is 16.3 Å². The molecule has 3 rings (SSSR count). The molecule has 11 heteroatoms. The van der Waals surface area contributed by atoms with Gasteiger partial charge in [-0.05, 0) is 43.7 Å². The Bertz CT molecular complexity index is 1210. The van der Waals surface area contributed by atoms with Crippen molar-refractivity contribution in [1.29, 1.82) is 0 Å². The van der Waals surface area contributed by atoms with Crippen molar-refractivity contribution in [2.75, 3.05) is 7.11 Å². The lowest BCUT2D eigenvalue weighted by molar-refractivity contribution is 0.0976. The molecule has 0 saturated carbocycles. The molecule has 0 aliphatic rings. The highest BCUT2D eigenvalue weighted by Crippen LogP contribution is 2.26. The molecular weight excluding hydrogens is 423 g/mol. The van der Waals surface area contributed by atoms with Crippen molar-refractivity contribution in [2.45, 2.75) is 18.7 Å². The second kappa shape index (κ2) is 7.80. The SMILES string of the molecule is COc1ccc(Cl)c(-n2nnc(C(=O)NS(=O)(=O)c3cc(F)ccc3C)c2C)c1.